The number of carbonyl (C=O) groups excluding carboxylic acids is 1. The maximum absolute atomic E-state index is 13.0. The van der Waals surface area contributed by atoms with E-state index in [2.05, 4.69) is 21.2 Å². The molecular formula is C12H16BrFN2O. The van der Waals surface area contributed by atoms with E-state index in [1.165, 1.54) is 18.2 Å². The van der Waals surface area contributed by atoms with Crippen molar-refractivity contribution in [3.05, 3.63) is 28.5 Å². The Labute approximate surface area is 109 Å². The van der Waals surface area contributed by atoms with E-state index >= 15 is 0 Å². The third kappa shape index (κ3) is 5.28. The Bertz CT molecular complexity index is 415. The zero-order valence-corrected chi connectivity index (χ0v) is 11.5. The Balaban J connectivity index is 2.54. The first-order chi connectivity index (χ1) is 7.78. The van der Waals surface area contributed by atoms with E-state index in [1.807, 2.05) is 13.8 Å². The number of nitrogens with one attached hydrogen (secondary N) is 1. The molecule has 0 aliphatic carbocycles. The summed E-state index contributed by atoms with van der Waals surface area (Å²) >= 11 is 3.06. The molecule has 3 nitrogen and oxygen atoms in total. The molecule has 3 N–H and O–H groups in total. The summed E-state index contributed by atoms with van der Waals surface area (Å²) in [4.78, 5) is 11.6. The van der Waals surface area contributed by atoms with Gasteiger partial charge >= 0.3 is 0 Å². The smallest absolute Gasteiger partial charge is 0.224 e. The number of amides is 1. The normalized spacial score (nSPS) is 11.4. The number of hydrogen-bond acceptors (Lipinski definition) is 2. The van der Waals surface area contributed by atoms with Crippen LogP contribution in [-0.4, -0.2) is 11.4 Å². The molecule has 0 bridgehead atoms. The van der Waals surface area contributed by atoms with Crippen LogP contribution >= 0.6 is 15.9 Å². The molecule has 1 amide bonds. The van der Waals surface area contributed by atoms with Gasteiger partial charge in [0.2, 0.25) is 5.91 Å². The van der Waals surface area contributed by atoms with Crippen LogP contribution in [0.2, 0.25) is 0 Å². The highest BCUT2D eigenvalue weighted by Crippen LogP contribution is 2.20. The third-order valence-corrected chi connectivity index (χ3v) is 2.81. The summed E-state index contributed by atoms with van der Waals surface area (Å²) in [5.74, 6) is -0.479. The fourth-order valence-electron chi connectivity index (χ4n) is 1.23. The van der Waals surface area contributed by atoms with E-state index in [0.717, 1.165) is 0 Å². The maximum Gasteiger partial charge on any atom is 0.224 e. The molecule has 0 aliphatic heterocycles. The fraction of sp³-hybridized carbons (Fsp3) is 0.417. The summed E-state index contributed by atoms with van der Waals surface area (Å²) in [6, 6.07) is 4.35. The highest BCUT2D eigenvalue weighted by atomic mass is 79.9. The van der Waals surface area contributed by atoms with E-state index in [-0.39, 0.29) is 17.3 Å². The summed E-state index contributed by atoms with van der Waals surface area (Å²) in [6.07, 6.45) is 0.944. The molecule has 0 unspecified atom stereocenters. The lowest BCUT2D eigenvalue weighted by molar-refractivity contribution is -0.116. The van der Waals surface area contributed by atoms with Crippen molar-refractivity contribution in [1.29, 1.82) is 0 Å². The molecule has 94 valence electrons. The molecular weight excluding hydrogens is 287 g/mol. The molecule has 0 radical (unpaired) electrons. The average Bonchev–Trinajstić information content (AvgIpc) is 2.20. The minimum absolute atomic E-state index is 0.123. The van der Waals surface area contributed by atoms with Gasteiger partial charge in [-0.3, -0.25) is 4.79 Å². The number of anilines is 1. The van der Waals surface area contributed by atoms with E-state index in [0.29, 0.717) is 23.0 Å². The van der Waals surface area contributed by atoms with E-state index < -0.39 is 0 Å². The fourth-order valence-corrected chi connectivity index (χ4v) is 1.61. The third-order valence-electron chi connectivity index (χ3n) is 2.20. The van der Waals surface area contributed by atoms with Crippen molar-refractivity contribution in [1.82, 2.24) is 0 Å². The van der Waals surface area contributed by atoms with Crippen molar-refractivity contribution >= 4 is 27.5 Å². The minimum Gasteiger partial charge on any atom is -0.326 e. The van der Waals surface area contributed by atoms with Crippen LogP contribution in [0.25, 0.3) is 0 Å². The molecule has 0 heterocycles. The average molecular weight is 303 g/mol. The van der Waals surface area contributed by atoms with Gasteiger partial charge in [0.15, 0.2) is 0 Å². The first kappa shape index (κ1) is 14.1. The summed E-state index contributed by atoms with van der Waals surface area (Å²) < 4.78 is 13.3. The van der Waals surface area contributed by atoms with Gasteiger partial charge in [0.05, 0.1) is 4.47 Å². The molecule has 0 saturated heterocycles. The highest BCUT2D eigenvalue weighted by molar-refractivity contribution is 9.10. The lowest BCUT2D eigenvalue weighted by atomic mass is 10.00. The van der Waals surface area contributed by atoms with Gasteiger partial charge in [0, 0.05) is 17.6 Å². The Morgan fingerprint density at radius 1 is 1.53 bits per heavy atom. The monoisotopic (exact) mass is 302 g/mol. The van der Waals surface area contributed by atoms with Gasteiger partial charge in [-0.2, -0.15) is 0 Å². The van der Waals surface area contributed by atoms with Crippen LogP contribution in [0.5, 0.6) is 0 Å². The van der Waals surface area contributed by atoms with Crippen LogP contribution in [0.4, 0.5) is 10.1 Å². The molecule has 17 heavy (non-hydrogen) atoms. The largest absolute Gasteiger partial charge is 0.326 e. The zero-order chi connectivity index (χ0) is 13.1. The second-order valence-corrected chi connectivity index (χ2v) is 5.52. The molecule has 1 aromatic rings. The minimum atomic E-state index is -0.360. The molecule has 0 fully saturated rings. The second-order valence-electron chi connectivity index (χ2n) is 4.67. The van der Waals surface area contributed by atoms with E-state index in [1.54, 1.807) is 0 Å². The van der Waals surface area contributed by atoms with Crippen LogP contribution < -0.4 is 11.1 Å². The van der Waals surface area contributed by atoms with Gasteiger partial charge in [-0.05, 0) is 54.4 Å². The van der Waals surface area contributed by atoms with Crippen LogP contribution in [-0.2, 0) is 4.79 Å². The molecule has 0 aliphatic rings. The lowest BCUT2D eigenvalue weighted by Gasteiger charge is -2.17. The van der Waals surface area contributed by atoms with Gasteiger partial charge < -0.3 is 11.1 Å². The molecule has 1 rings (SSSR count). The SMILES string of the molecule is CC(C)(N)CCC(=O)Nc1ccc(F)c(Br)c1. The standard InChI is InChI=1S/C12H16BrFN2O/c1-12(2,15)6-5-11(17)16-8-3-4-10(14)9(13)7-8/h3-4,7H,5-6,15H2,1-2H3,(H,16,17). The van der Waals surface area contributed by atoms with Crippen LogP contribution in [0.3, 0.4) is 0 Å². The van der Waals surface area contributed by atoms with Gasteiger partial charge in [0.1, 0.15) is 5.82 Å². The summed E-state index contributed by atoms with van der Waals surface area (Å²) in [5, 5.41) is 2.69. The molecule has 0 spiro atoms. The highest BCUT2D eigenvalue weighted by Gasteiger charge is 2.13. The quantitative estimate of drug-likeness (QED) is 0.898. The van der Waals surface area contributed by atoms with Crippen molar-refractivity contribution in [3.8, 4) is 0 Å². The number of rotatable bonds is 4. The van der Waals surface area contributed by atoms with Crippen LogP contribution in [0.1, 0.15) is 26.7 Å². The Kier molecular flexibility index (Phi) is 4.65. The molecule has 5 heteroatoms. The van der Waals surface area contributed by atoms with Crippen molar-refractivity contribution in [3.63, 3.8) is 0 Å². The van der Waals surface area contributed by atoms with Gasteiger partial charge in [-0.25, -0.2) is 4.39 Å². The molecule has 0 atom stereocenters. The van der Waals surface area contributed by atoms with Crippen molar-refractivity contribution in [2.45, 2.75) is 32.2 Å². The maximum atomic E-state index is 13.0. The predicted octanol–water partition coefficient (Wildman–Crippen LogP) is 3.04. The first-order valence-corrected chi connectivity index (χ1v) is 6.11. The molecule has 0 saturated carbocycles. The molecule has 1 aromatic carbocycles. The van der Waals surface area contributed by atoms with Gasteiger partial charge in [-0.15, -0.1) is 0 Å². The van der Waals surface area contributed by atoms with Crippen molar-refractivity contribution < 1.29 is 9.18 Å². The van der Waals surface area contributed by atoms with Gasteiger partial charge in [0.25, 0.3) is 0 Å². The van der Waals surface area contributed by atoms with E-state index in [4.69, 9.17) is 5.73 Å². The van der Waals surface area contributed by atoms with E-state index in [9.17, 15) is 9.18 Å². The van der Waals surface area contributed by atoms with Crippen LogP contribution in [0, 0.1) is 5.82 Å². The summed E-state index contributed by atoms with van der Waals surface area (Å²) in [5.41, 5.74) is 5.99. The predicted molar refractivity (Wildman–Crippen MR) is 70.2 cm³/mol. The lowest BCUT2D eigenvalue weighted by Crippen LogP contribution is -2.33. The number of benzene rings is 1. The first-order valence-electron chi connectivity index (χ1n) is 5.32. The Morgan fingerprint density at radius 3 is 2.71 bits per heavy atom. The topological polar surface area (TPSA) is 55.1 Å². The Morgan fingerprint density at radius 2 is 2.18 bits per heavy atom. The Hall–Kier alpha value is -0.940. The molecule has 0 aromatic heterocycles. The number of halogens is 2. The summed E-state index contributed by atoms with van der Waals surface area (Å²) in [6.45, 7) is 3.74. The number of hydrogen-bond donors (Lipinski definition) is 2. The number of carbonyl (C=O) groups is 1. The zero-order valence-electron chi connectivity index (χ0n) is 9.89. The summed E-state index contributed by atoms with van der Waals surface area (Å²) in [7, 11) is 0. The second kappa shape index (κ2) is 5.60. The van der Waals surface area contributed by atoms with Crippen molar-refractivity contribution in [2.75, 3.05) is 5.32 Å². The number of nitrogens with two attached hydrogens (primary N) is 1. The van der Waals surface area contributed by atoms with Crippen molar-refractivity contribution in [2.24, 2.45) is 5.73 Å². The van der Waals surface area contributed by atoms with Gasteiger partial charge in [-0.1, -0.05) is 0 Å². The van der Waals surface area contributed by atoms with Crippen LogP contribution in [0.15, 0.2) is 22.7 Å².